The molecule has 252 valence electrons. The summed E-state index contributed by atoms with van der Waals surface area (Å²) >= 11 is 0. The van der Waals surface area contributed by atoms with Gasteiger partial charge in [0.05, 0.1) is 0 Å². The van der Waals surface area contributed by atoms with Crippen LogP contribution in [0, 0.1) is 0 Å². The Hall–Kier alpha value is -7.44. The molecule has 0 radical (unpaired) electrons. The van der Waals surface area contributed by atoms with Crippen molar-refractivity contribution in [2.45, 2.75) is 0 Å². The van der Waals surface area contributed by atoms with E-state index in [9.17, 15) is 0 Å². The molecule has 0 unspecified atom stereocenters. The van der Waals surface area contributed by atoms with E-state index in [1.165, 1.54) is 10.8 Å². The molecular weight excluding hydrogens is 661 g/mol. The van der Waals surface area contributed by atoms with E-state index in [1.807, 2.05) is 72.8 Å². The highest BCUT2D eigenvalue weighted by molar-refractivity contribution is 5.97. The number of fused-ring (bicyclic) bond motifs is 3. The highest BCUT2D eigenvalue weighted by Gasteiger charge is 2.17. The molecule has 0 aliphatic heterocycles. The minimum absolute atomic E-state index is 0.601. The average molecular weight is 691 g/mol. The molecule has 6 heteroatoms. The van der Waals surface area contributed by atoms with Gasteiger partial charge in [-0.15, -0.1) is 0 Å². The molecule has 2 heterocycles. The van der Waals surface area contributed by atoms with E-state index in [0.29, 0.717) is 34.9 Å². The maximum Gasteiger partial charge on any atom is 0.164 e. The lowest BCUT2D eigenvalue weighted by molar-refractivity contribution is 1.07. The molecule has 8 aromatic carbocycles. The van der Waals surface area contributed by atoms with Gasteiger partial charge < -0.3 is 0 Å². The van der Waals surface area contributed by atoms with Crippen LogP contribution in [0.5, 0.6) is 0 Å². The molecule has 10 rings (SSSR count). The van der Waals surface area contributed by atoms with Crippen molar-refractivity contribution in [2.75, 3.05) is 0 Å². The Bertz CT molecular complexity index is 3000. The van der Waals surface area contributed by atoms with Crippen molar-refractivity contribution in [2.24, 2.45) is 0 Å². The largest absolute Gasteiger partial charge is 0.208 e. The van der Waals surface area contributed by atoms with E-state index >= 15 is 0 Å². The molecule has 0 fully saturated rings. The second-order valence-corrected chi connectivity index (χ2v) is 13.2. The van der Waals surface area contributed by atoms with E-state index in [0.717, 1.165) is 54.9 Å². The van der Waals surface area contributed by atoms with Gasteiger partial charge in [-0.2, -0.15) is 0 Å². The fourth-order valence-corrected chi connectivity index (χ4v) is 6.97. The molecule has 0 aliphatic carbocycles. The van der Waals surface area contributed by atoms with Gasteiger partial charge >= 0.3 is 0 Å². The molecule has 0 atom stereocenters. The van der Waals surface area contributed by atoms with Crippen LogP contribution in [0.15, 0.2) is 182 Å². The molecule has 0 saturated heterocycles. The second kappa shape index (κ2) is 13.3. The van der Waals surface area contributed by atoms with Crippen LogP contribution in [0.25, 0.3) is 101 Å². The zero-order valence-corrected chi connectivity index (χ0v) is 29.0. The first-order valence-electron chi connectivity index (χ1n) is 17.9. The van der Waals surface area contributed by atoms with Crippen molar-refractivity contribution >= 4 is 32.3 Å². The van der Waals surface area contributed by atoms with Crippen molar-refractivity contribution < 1.29 is 0 Å². The van der Waals surface area contributed by atoms with Crippen molar-refractivity contribution in [1.82, 2.24) is 29.9 Å². The Kier molecular flexibility index (Phi) is 7.69. The SMILES string of the molecule is c1ccc(-c2nc(-c3ccc4ccccc4c3)nc(-c3ccc4c(-c5nc(-c6ccccc6)nc(-c6ccc7ccccc7c6)n5)cccc4c3)n2)cc1. The molecule has 54 heavy (non-hydrogen) atoms. The highest BCUT2D eigenvalue weighted by atomic mass is 15.0. The third kappa shape index (κ3) is 5.91. The molecular formula is C48H30N6. The summed E-state index contributed by atoms with van der Waals surface area (Å²) in [6.07, 6.45) is 0. The third-order valence-electron chi connectivity index (χ3n) is 9.73. The number of nitrogens with zero attached hydrogens (tertiary/aromatic N) is 6. The Morgan fingerprint density at radius 3 is 1.09 bits per heavy atom. The third-order valence-corrected chi connectivity index (χ3v) is 9.73. The lowest BCUT2D eigenvalue weighted by atomic mass is 10.0. The number of hydrogen-bond donors (Lipinski definition) is 0. The smallest absolute Gasteiger partial charge is 0.164 e. The molecule has 0 N–H and O–H groups in total. The van der Waals surface area contributed by atoms with Crippen LogP contribution < -0.4 is 0 Å². The standard InChI is InChI=1S/C48H30N6/c1-3-14-33(15-4-1)43-49-45(38-24-22-31-12-7-9-18-35(31)28-38)52-46(50-43)40-26-27-41-37(30-40)20-11-21-42(41)48-53-44(34-16-5-2-6-17-34)51-47(54-48)39-25-23-32-13-8-10-19-36(32)29-39/h1-30H. The average Bonchev–Trinajstić information content (AvgIpc) is 3.26. The quantitative estimate of drug-likeness (QED) is 0.173. The zero-order chi connectivity index (χ0) is 35.8. The predicted octanol–water partition coefficient (Wildman–Crippen LogP) is 11.5. The minimum Gasteiger partial charge on any atom is -0.208 e. The molecule has 2 aromatic heterocycles. The summed E-state index contributed by atoms with van der Waals surface area (Å²) in [7, 11) is 0. The van der Waals surface area contributed by atoms with Gasteiger partial charge in [0, 0.05) is 33.4 Å². The van der Waals surface area contributed by atoms with Gasteiger partial charge in [-0.25, -0.2) is 29.9 Å². The molecule has 0 spiro atoms. The highest BCUT2D eigenvalue weighted by Crippen LogP contribution is 2.34. The van der Waals surface area contributed by atoms with Crippen LogP contribution in [0.1, 0.15) is 0 Å². The number of benzene rings is 8. The lowest BCUT2D eigenvalue weighted by Gasteiger charge is -2.12. The summed E-state index contributed by atoms with van der Waals surface area (Å²) in [4.78, 5) is 30.1. The Morgan fingerprint density at radius 1 is 0.222 bits per heavy atom. The van der Waals surface area contributed by atoms with Gasteiger partial charge in [-0.3, -0.25) is 0 Å². The summed E-state index contributed by atoms with van der Waals surface area (Å²) in [5.41, 5.74) is 5.53. The topological polar surface area (TPSA) is 77.3 Å². The van der Waals surface area contributed by atoms with Crippen LogP contribution in [0.2, 0.25) is 0 Å². The fourth-order valence-electron chi connectivity index (χ4n) is 6.97. The molecule has 0 amide bonds. The lowest BCUT2D eigenvalue weighted by Crippen LogP contribution is -2.01. The van der Waals surface area contributed by atoms with Gasteiger partial charge in [0.25, 0.3) is 0 Å². The monoisotopic (exact) mass is 690 g/mol. The van der Waals surface area contributed by atoms with Crippen molar-refractivity contribution in [3.8, 4) is 68.3 Å². The first-order chi connectivity index (χ1) is 26.7. The van der Waals surface area contributed by atoms with E-state index < -0.39 is 0 Å². The van der Waals surface area contributed by atoms with Crippen LogP contribution in [-0.4, -0.2) is 29.9 Å². The second-order valence-electron chi connectivity index (χ2n) is 13.2. The minimum atomic E-state index is 0.601. The number of hydrogen-bond acceptors (Lipinski definition) is 6. The Balaban J connectivity index is 1.11. The van der Waals surface area contributed by atoms with E-state index in [2.05, 4.69) is 109 Å². The summed E-state index contributed by atoms with van der Waals surface area (Å²) in [6, 6.07) is 62.0. The van der Waals surface area contributed by atoms with Gasteiger partial charge in [0.1, 0.15) is 0 Å². The summed E-state index contributed by atoms with van der Waals surface area (Å²) in [6.45, 7) is 0. The summed E-state index contributed by atoms with van der Waals surface area (Å²) in [5, 5.41) is 6.64. The van der Waals surface area contributed by atoms with E-state index in [1.54, 1.807) is 0 Å². The molecule has 6 nitrogen and oxygen atoms in total. The van der Waals surface area contributed by atoms with Crippen LogP contribution >= 0.6 is 0 Å². The van der Waals surface area contributed by atoms with Gasteiger partial charge in [0.2, 0.25) is 0 Å². The van der Waals surface area contributed by atoms with Gasteiger partial charge in [-0.05, 0) is 50.5 Å². The summed E-state index contributed by atoms with van der Waals surface area (Å²) in [5.74, 6) is 3.70. The van der Waals surface area contributed by atoms with Crippen LogP contribution in [-0.2, 0) is 0 Å². The number of rotatable bonds is 6. The number of aromatic nitrogens is 6. The van der Waals surface area contributed by atoms with Gasteiger partial charge in [0.15, 0.2) is 34.9 Å². The zero-order valence-electron chi connectivity index (χ0n) is 29.0. The maximum atomic E-state index is 5.09. The van der Waals surface area contributed by atoms with Crippen LogP contribution in [0.3, 0.4) is 0 Å². The predicted molar refractivity (Wildman–Crippen MR) is 218 cm³/mol. The normalized spacial score (nSPS) is 11.3. The van der Waals surface area contributed by atoms with E-state index in [-0.39, 0.29) is 0 Å². The first-order valence-corrected chi connectivity index (χ1v) is 17.9. The molecule has 0 bridgehead atoms. The van der Waals surface area contributed by atoms with Gasteiger partial charge in [-0.1, -0.05) is 164 Å². The Morgan fingerprint density at radius 2 is 0.593 bits per heavy atom. The maximum absolute atomic E-state index is 5.09. The van der Waals surface area contributed by atoms with E-state index in [4.69, 9.17) is 29.9 Å². The van der Waals surface area contributed by atoms with Crippen molar-refractivity contribution in [1.29, 1.82) is 0 Å². The fraction of sp³-hybridized carbons (Fsp3) is 0. The Labute approximate surface area is 311 Å². The van der Waals surface area contributed by atoms with Crippen molar-refractivity contribution in [3.05, 3.63) is 182 Å². The summed E-state index contributed by atoms with van der Waals surface area (Å²) < 4.78 is 0. The van der Waals surface area contributed by atoms with Crippen LogP contribution in [0.4, 0.5) is 0 Å². The molecule has 10 aromatic rings. The first kappa shape index (κ1) is 31.3. The molecule has 0 aliphatic rings. The van der Waals surface area contributed by atoms with Crippen molar-refractivity contribution in [3.63, 3.8) is 0 Å². The molecule has 0 saturated carbocycles.